The third-order valence-electron chi connectivity index (χ3n) is 5.45. The monoisotopic (exact) mass is 420 g/mol. The van der Waals surface area contributed by atoms with Gasteiger partial charge in [-0.3, -0.25) is 4.79 Å². The fourth-order valence-electron chi connectivity index (χ4n) is 3.74. The van der Waals surface area contributed by atoms with Gasteiger partial charge in [0.2, 0.25) is 5.95 Å². The molecule has 1 heterocycles. The summed E-state index contributed by atoms with van der Waals surface area (Å²) in [4.78, 5) is 21.5. The number of carbonyl (C=O) groups is 1. The molecule has 3 aromatic rings. The first-order valence-corrected chi connectivity index (χ1v) is 10.8. The topological polar surface area (TPSA) is 66.9 Å². The van der Waals surface area contributed by atoms with Crippen molar-refractivity contribution in [1.82, 2.24) is 15.3 Å². The van der Waals surface area contributed by atoms with Crippen molar-refractivity contribution in [3.8, 4) is 11.1 Å². The average molecular weight is 421 g/mol. The van der Waals surface area contributed by atoms with Crippen LogP contribution in [0.5, 0.6) is 0 Å². The second kappa shape index (κ2) is 9.72. The highest BCUT2D eigenvalue weighted by molar-refractivity contribution is 6.31. The van der Waals surface area contributed by atoms with Crippen LogP contribution >= 0.6 is 11.6 Å². The minimum atomic E-state index is -0.145. The highest BCUT2D eigenvalue weighted by Gasteiger charge is 2.14. The quantitative estimate of drug-likeness (QED) is 0.554. The molecule has 0 atom stereocenters. The number of carbonyl (C=O) groups excluding carboxylic acids is 1. The smallest absolute Gasteiger partial charge is 0.251 e. The van der Waals surface area contributed by atoms with Gasteiger partial charge in [0.05, 0.1) is 0 Å². The van der Waals surface area contributed by atoms with Crippen molar-refractivity contribution >= 4 is 23.5 Å². The van der Waals surface area contributed by atoms with Gasteiger partial charge in [0.15, 0.2) is 0 Å². The number of nitrogens with zero attached hydrogens (tertiary/aromatic N) is 2. The van der Waals surface area contributed by atoms with E-state index in [1.54, 1.807) is 18.5 Å². The maximum Gasteiger partial charge on any atom is 0.251 e. The third-order valence-corrected chi connectivity index (χ3v) is 5.81. The summed E-state index contributed by atoms with van der Waals surface area (Å²) in [7, 11) is 0. The second-order valence-electron chi connectivity index (χ2n) is 7.63. The van der Waals surface area contributed by atoms with Crippen LogP contribution in [0.4, 0.5) is 5.95 Å². The van der Waals surface area contributed by atoms with Crippen LogP contribution in [0.15, 0.2) is 60.9 Å². The molecular weight excluding hydrogens is 396 g/mol. The van der Waals surface area contributed by atoms with E-state index in [-0.39, 0.29) is 5.91 Å². The highest BCUT2D eigenvalue weighted by Crippen LogP contribution is 2.22. The van der Waals surface area contributed by atoms with Gasteiger partial charge in [0, 0.05) is 41.1 Å². The highest BCUT2D eigenvalue weighted by atomic mass is 35.5. The van der Waals surface area contributed by atoms with Gasteiger partial charge in [0.25, 0.3) is 5.91 Å². The summed E-state index contributed by atoms with van der Waals surface area (Å²) < 4.78 is 0. The molecule has 4 rings (SSSR count). The molecule has 1 amide bonds. The number of benzene rings is 2. The molecule has 0 unspecified atom stereocenters. The summed E-state index contributed by atoms with van der Waals surface area (Å²) >= 11 is 6.16. The molecular formula is C24H25ClN4O. The van der Waals surface area contributed by atoms with Gasteiger partial charge in [-0.1, -0.05) is 61.2 Å². The van der Waals surface area contributed by atoms with Crippen LogP contribution in [-0.2, 0) is 6.54 Å². The van der Waals surface area contributed by atoms with Crippen LogP contribution < -0.4 is 10.6 Å². The summed E-state index contributed by atoms with van der Waals surface area (Å²) in [5.41, 5.74) is 3.26. The van der Waals surface area contributed by atoms with Crippen LogP contribution in [0, 0.1) is 0 Å². The number of anilines is 1. The number of rotatable bonds is 6. The zero-order chi connectivity index (χ0) is 20.8. The van der Waals surface area contributed by atoms with Crippen LogP contribution in [0.1, 0.15) is 48.0 Å². The van der Waals surface area contributed by atoms with E-state index in [1.807, 2.05) is 42.5 Å². The van der Waals surface area contributed by atoms with Crippen molar-refractivity contribution in [3.05, 3.63) is 77.1 Å². The van der Waals surface area contributed by atoms with E-state index < -0.39 is 0 Å². The van der Waals surface area contributed by atoms with E-state index in [4.69, 9.17) is 11.6 Å². The van der Waals surface area contributed by atoms with Crippen LogP contribution in [0.3, 0.4) is 0 Å². The van der Waals surface area contributed by atoms with Crippen molar-refractivity contribution < 1.29 is 4.79 Å². The standard InChI is InChI=1S/C24H25ClN4O/c25-22-12-5-4-7-19(22)14-26-23(30)18-9-6-8-17(13-18)20-15-27-24(28-16-20)29-21-10-2-1-3-11-21/h4-9,12-13,15-16,21H,1-3,10-11,14H2,(H,26,30)(H,27,28,29). The van der Waals surface area contributed by atoms with Crippen LogP contribution in [-0.4, -0.2) is 21.9 Å². The predicted octanol–water partition coefficient (Wildman–Crippen LogP) is 5.47. The minimum Gasteiger partial charge on any atom is -0.351 e. The zero-order valence-electron chi connectivity index (χ0n) is 16.8. The molecule has 1 saturated carbocycles. The molecule has 1 aromatic heterocycles. The number of amides is 1. The van der Waals surface area contributed by atoms with E-state index in [9.17, 15) is 4.79 Å². The SMILES string of the molecule is O=C(NCc1ccccc1Cl)c1cccc(-c2cnc(NC3CCCCC3)nc2)c1. The van der Waals surface area contributed by atoms with Gasteiger partial charge >= 0.3 is 0 Å². The van der Waals surface area contributed by atoms with Gasteiger partial charge in [-0.15, -0.1) is 0 Å². The van der Waals surface area contributed by atoms with Crippen molar-refractivity contribution in [2.75, 3.05) is 5.32 Å². The molecule has 1 fully saturated rings. The molecule has 6 heteroatoms. The lowest BCUT2D eigenvalue weighted by Crippen LogP contribution is -2.23. The van der Waals surface area contributed by atoms with Crippen molar-refractivity contribution in [2.45, 2.75) is 44.7 Å². The molecule has 2 N–H and O–H groups in total. The fourth-order valence-corrected chi connectivity index (χ4v) is 3.94. The largest absolute Gasteiger partial charge is 0.351 e. The summed E-state index contributed by atoms with van der Waals surface area (Å²) in [6.45, 7) is 0.382. The summed E-state index contributed by atoms with van der Waals surface area (Å²) in [5, 5.41) is 7.00. The normalized spacial score (nSPS) is 14.3. The molecule has 30 heavy (non-hydrogen) atoms. The number of hydrogen-bond donors (Lipinski definition) is 2. The maximum atomic E-state index is 12.6. The lowest BCUT2D eigenvalue weighted by atomic mass is 9.96. The van der Waals surface area contributed by atoms with Crippen molar-refractivity contribution in [1.29, 1.82) is 0 Å². The number of aromatic nitrogens is 2. The van der Waals surface area contributed by atoms with E-state index in [2.05, 4.69) is 20.6 Å². The lowest BCUT2D eigenvalue weighted by Gasteiger charge is -2.22. The minimum absolute atomic E-state index is 0.145. The molecule has 1 aliphatic carbocycles. The Labute approximate surface area is 181 Å². The van der Waals surface area contributed by atoms with Gasteiger partial charge < -0.3 is 10.6 Å². The molecule has 0 radical (unpaired) electrons. The Hall–Kier alpha value is -2.92. The number of halogens is 1. The van der Waals surface area contributed by atoms with E-state index in [0.717, 1.165) is 16.7 Å². The van der Waals surface area contributed by atoms with E-state index >= 15 is 0 Å². The van der Waals surface area contributed by atoms with Crippen LogP contribution in [0.2, 0.25) is 5.02 Å². The van der Waals surface area contributed by atoms with Gasteiger partial charge in [0.1, 0.15) is 0 Å². The maximum absolute atomic E-state index is 12.6. The van der Waals surface area contributed by atoms with E-state index in [1.165, 1.54) is 32.1 Å². The van der Waals surface area contributed by atoms with Gasteiger partial charge in [-0.25, -0.2) is 9.97 Å². The molecule has 154 valence electrons. The molecule has 0 aliphatic heterocycles. The Morgan fingerprint density at radius 3 is 2.50 bits per heavy atom. The molecule has 0 saturated heterocycles. The van der Waals surface area contributed by atoms with Crippen LogP contribution in [0.25, 0.3) is 11.1 Å². The van der Waals surface area contributed by atoms with E-state index in [0.29, 0.717) is 29.1 Å². The Morgan fingerprint density at radius 1 is 0.967 bits per heavy atom. The number of hydrogen-bond acceptors (Lipinski definition) is 4. The Morgan fingerprint density at radius 2 is 1.73 bits per heavy atom. The zero-order valence-corrected chi connectivity index (χ0v) is 17.5. The molecule has 2 aromatic carbocycles. The predicted molar refractivity (Wildman–Crippen MR) is 121 cm³/mol. The average Bonchev–Trinajstić information content (AvgIpc) is 2.80. The molecule has 5 nitrogen and oxygen atoms in total. The Bertz CT molecular complexity index is 1000. The van der Waals surface area contributed by atoms with Crippen molar-refractivity contribution in [3.63, 3.8) is 0 Å². The second-order valence-corrected chi connectivity index (χ2v) is 8.04. The van der Waals surface area contributed by atoms with Gasteiger partial charge in [-0.2, -0.15) is 0 Å². The summed E-state index contributed by atoms with van der Waals surface area (Å²) in [6, 6.07) is 15.4. The lowest BCUT2D eigenvalue weighted by molar-refractivity contribution is 0.0951. The first-order chi connectivity index (χ1) is 14.7. The first kappa shape index (κ1) is 20.4. The fraction of sp³-hybridized carbons (Fsp3) is 0.292. The summed E-state index contributed by atoms with van der Waals surface area (Å²) in [5.74, 6) is 0.521. The Balaban J connectivity index is 1.41. The van der Waals surface area contributed by atoms with Crippen molar-refractivity contribution in [2.24, 2.45) is 0 Å². The molecule has 1 aliphatic rings. The number of nitrogens with one attached hydrogen (secondary N) is 2. The summed E-state index contributed by atoms with van der Waals surface area (Å²) in [6.07, 6.45) is 9.81. The third kappa shape index (κ3) is 5.16. The first-order valence-electron chi connectivity index (χ1n) is 10.4. The molecule has 0 bridgehead atoms. The Kier molecular flexibility index (Phi) is 6.60. The van der Waals surface area contributed by atoms with Gasteiger partial charge in [-0.05, 0) is 42.2 Å². The molecule has 0 spiro atoms.